The molecule has 1 fully saturated rings. The van der Waals surface area contributed by atoms with E-state index in [9.17, 15) is 0 Å². The lowest BCUT2D eigenvalue weighted by Gasteiger charge is -2.32. The molecular weight excluding hydrogens is 272 g/mol. The van der Waals surface area contributed by atoms with E-state index < -0.39 is 0 Å². The largest absolute Gasteiger partial charge is 0.492 e. The maximum atomic E-state index is 5.82. The van der Waals surface area contributed by atoms with Crippen LogP contribution in [-0.2, 0) is 0 Å². The van der Waals surface area contributed by atoms with Gasteiger partial charge in [-0.1, -0.05) is 12.1 Å². The number of hydrogen-bond donors (Lipinski definition) is 1. The molecule has 1 saturated heterocycles. The van der Waals surface area contributed by atoms with Crippen molar-refractivity contribution in [3.8, 4) is 5.75 Å². The lowest BCUT2D eigenvalue weighted by molar-refractivity contribution is 0.144. The van der Waals surface area contributed by atoms with Gasteiger partial charge in [-0.2, -0.15) is 0 Å². The Bertz CT molecular complexity index is 384. The Kier molecular flexibility index (Phi) is 7.97. The van der Waals surface area contributed by atoms with E-state index in [-0.39, 0.29) is 12.4 Å². The van der Waals surface area contributed by atoms with Crippen LogP contribution in [0.25, 0.3) is 0 Å². The standard InChI is InChI=1S/C16H26N2O.ClH/c1-14-4-2-6-16(12-14)19-11-10-18-9-3-5-15(13-18)7-8-17;/h2,4,6,12,15H,3,5,7-11,13,17H2,1H3;1H. The zero-order valence-electron chi connectivity index (χ0n) is 12.4. The van der Waals surface area contributed by atoms with Crippen LogP contribution in [0, 0.1) is 12.8 Å². The Labute approximate surface area is 128 Å². The molecule has 20 heavy (non-hydrogen) atoms. The molecule has 0 amide bonds. The molecule has 1 aromatic rings. The lowest BCUT2D eigenvalue weighted by Crippen LogP contribution is -2.38. The van der Waals surface area contributed by atoms with E-state index in [2.05, 4.69) is 24.0 Å². The quantitative estimate of drug-likeness (QED) is 0.878. The third kappa shape index (κ3) is 5.70. The minimum Gasteiger partial charge on any atom is -0.492 e. The summed E-state index contributed by atoms with van der Waals surface area (Å²) in [5, 5.41) is 0. The van der Waals surface area contributed by atoms with Gasteiger partial charge in [-0.3, -0.25) is 4.90 Å². The first-order valence-electron chi connectivity index (χ1n) is 7.40. The fraction of sp³-hybridized carbons (Fsp3) is 0.625. The van der Waals surface area contributed by atoms with Gasteiger partial charge in [-0.05, 0) is 62.9 Å². The maximum absolute atomic E-state index is 5.82. The third-order valence-electron chi connectivity index (χ3n) is 3.84. The highest BCUT2D eigenvalue weighted by atomic mass is 35.5. The zero-order chi connectivity index (χ0) is 13.5. The second kappa shape index (κ2) is 9.22. The summed E-state index contributed by atoms with van der Waals surface area (Å²) in [6.07, 6.45) is 3.80. The molecule has 4 heteroatoms. The molecular formula is C16H27ClN2O. The van der Waals surface area contributed by atoms with Crippen molar-refractivity contribution >= 4 is 12.4 Å². The van der Waals surface area contributed by atoms with E-state index >= 15 is 0 Å². The number of aryl methyl sites for hydroxylation is 1. The van der Waals surface area contributed by atoms with E-state index in [4.69, 9.17) is 10.5 Å². The number of halogens is 1. The summed E-state index contributed by atoms with van der Waals surface area (Å²) >= 11 is 0. The summed E-state index contributed by atoms with van der Waals surface area (Å²) in [6.45, 7) is 7.10. The van der Waals surface area contributed by atoms with Crippen molar-refractivity contribution < 1.29 is 4.74 Å². The zero-order valence-corrected chi connectivity index (χ0v) is 13.2. The molecule has 1 aliphatic heterocycles. The second-order valence-electron chi connectivity index (χ2n) is 5.55. The summed E-state index contributed by atoms with van der Waals surface area (Å²) in [5.74, 6) is 1.77. The number of ether oxygens (including phenoxy) is 1. The lowest BCUT2D eigenvalue weighted by atomic mass is 9.95. The Hall–Kier alpha value is -0.770. The van der Waals surface area contributed by atoms with Gasteiger partial charge >= 0.3 is 0 Å². The van der Waals surface area contributed by atoms with Crippen molar-refractivity contribution in [2.45, 2.75) is 26.2 Å². The van der Waals surface area contributed by atoms with Crippen LogP contribution in [0.1, 0.15) is 24.8 Å². The van der Waals surface area contributed by atoms with Gasteiger partial charge in [0.05, 0.1) is 0 Å². The van der Waals surface area contributed by atoms with Crippen LogP contribution in [0.15, 0.2) is 24.3 Å². The monoisotopic (exact) mass is 298 g/mol. The van der Waals surface area contributed by atoms with Crippen molar-refractivity contribution in [2.75, 3.05) is 32.8 Å². The van der Waals surface area contributed by atoms with Crippen LogP contribution in [0.4, 0.5) is 0 Å². The Morgan fingerprint density at radius 3 is 3.00 bits per heavy atom. The van der Waals surface area contributed by atoms with Crippen molar-refractivity contribution in [1.82, 2.24) is 4.90 Å². The molecule has 0 aliphatic carbocycles. The third-order valence-corrected chi connectivity index (χ3v) is 3.84. The van der Waals surface area contributed by atoms with Gasteiger partial charge in [0.1, 0.15) is 12.4 Å². The van der Waals surface area contributed by atoms with E-state index in [0.29, 0.717) is 0 Å². The number of rotatable bonds is 6. The molecule has 0 saturated carbocycles. The smallest absolute Gasteiger partial charge is 0.119 e. The van der Waals surface area contributed by atoms with Gasteiger partial charge in [0.2, 0.25) is 0 Å². The summed E-state index contributed by atoms with van der Waals surface area (Å²) in [7, 11) is 0. The first-order chi connectivity index (χ1) is 9.28. The first-order valence-corrected chi connectivity index (χ1v) is 7.40. The number of hydrogen-bond acceptors (Lipinski definition) is 3. The van der Waals surface area contributed by atoms with E-state index in [0.717, 1.165) is 37.8 Å². The van der Waals surface area contributed by atoms with Crippen LogP contribution in [0.5, 0.6) is 5.75 Å². The van der Waals surface area contributed by atoms with Gasteiger partial charge in [0.15, 0.2) is 0 Å². The summed E-state index contributed by atoms with van der Waals surface area (Å²) < 4.78 is 5.82. The Morgan fingerprint density at radius 1 is 1.40 bits per heavy atom. The van der Waals surface area contributed by atoms with Crippen LogP contribution in [-0.4, -0.2) is 37.7 Å². The minimum absolute atomic E-state index is 0. The van der Waals surface area contributed by atoms with E-state index in [1.54, 1.807) is 0 Å². The van der Waals surface area contributed by atoms with Crippen molar-refractivity contribution in [3.05, 3.63) is 29.8 Å². The molecule has 2 N–H and O–H groups in total. The van der Waals surface area contributed by atoms with Gasteiger partial charge in [0.25, 0.3) is 0 Å². The molecule has 1 unspecified atom stereocenters. The van der Waals surface area contributed by atoms with Gasteiger partial charge in [-0.25, -0.2) is 0 Å². The van der Waals surface area contributed by atoms with Crippen LogP contribution >= 0.6 is 12.4 Å². The van der Waals surface area contributed by atoms with Crippen molar-refractivity contribution in [2.24, 2.45) is 11.7 Å². The Balaban J connectivity index is 0.00000200. The minimum atomic E-state index is 0. The molecule has 3 nitrogen and oxygen atoms in total. The molecule has 1 aromatic carbocycles. The molecule has 0 radical (unpaired) electrons. The highest BCUT2D eigenvalue weighted by Crippen LogP contribution is 2.19. The molecule has 0 spiro atoms. The maximum Gasteiger partial charge on any atom is 0.119 e. The topological polar surface area (TPSA) is 38.5 Å². The summed E-state index contributed by atoms with van der Waals surface area (Å²) in [4.78, 5) is 2.51. The average molecular weight is 299 g/mol. The van der Waals surface area contributed by atoms with Crippen molar-refractivity contribution in [1.29, 1.82) is 0 Å². The van der Waals surface area contributed by atoms with E-state index in [1.165, 1.54) is 31.5 Å². The average Bonchev–Trinajstić information content (AvgIpc) is 2.40. The molecule has 1 atom stereocenters. The molecule has 0 bridgehead atoms. The molecule has 2 rings (SSSR count). The van der Waals surface area contributed by atoms with Gasteiger partial charge < -0.3 is 10.5 Å². The van der Waals surface area contributed by atoms with Gasteiger partial charge in [0, 0.05) is 13.1 Å². The highest BCUT2D eigenvalue weighted by Gasteiger charge is 2.18. The van der Waals surface area contributed by atoms with Crippen LogP contribution in [0.2, 0.25) is 0 Å². The highest BCUT2D eigenvalue weighted by molar-refractivity contribution is 5.85. The number of nitrogens with two attached hydrogens (primary N) is 1. The number of piperidine rings is 1. The fourth-order valence-corrected chi connectivity index (χ4v) is 2.82. The van der Waals surface area contributed by atoms with Crippen LogP contribution < -0.4 is 10.5 Å². The molecule has 114 valence electrons. The first kappa shape index (κ1) is 17.3. The van der Waals surface area contributed by atoms with Crippen LogP contribution in [0.3, 0.4) is 0 Å². The number of likely N-dealkylation sites (tertiary alicyclic amines) is 1. The number of benzene rings is 1. The Morgan fingerprint density at radius 2 is 2.25 bits per heavy atom. The molecule has 1 heterocycles. The fourth-order valence-electron chi connectivity index (χ4n) is 2.82. The normalized spacial score (nSPS) is 19.4. The second-order valence-corrected chi connectivity index (χ2v) is 5.55. The van der Waals surface area contributed by atoms with Gasteiger partial charge in [-0.15, -0.1) is 12.4 Å². The van der Waals surface area contributed by atoms with Crippen molar-refractivity contribution in [3.63, 3.8) is 0 Å². The number of nitrogens with zero attached hydrogens (tertiary/aromatic N) is 1. The molecule has 1 aliphatic rings. The SMILES string of the molecule is Cc1cccc(OCCN2CCCC(CCN)C2)c1.Cl. The summed E-state index contributed by atoms with van der Waals surface area (Å²) in [5.41, 5.74) is 6.90. The van der Waals surface area contributed by atoms with E-state index in [1.807, 2.05) is 12.1 Å². The predicted octanol–water partition coefficient (Wildman–Crippen LogP) is 2.86. The summed E-state index contributed by atoms with van der Waals surface area (Å²) in [6, 6.07) is 8.26. The predicted molar refractivity (Wildman–Crippen MR) is 86.8 cm³/mol. The molecule has 0 aromatic heterocycles.